The third-order valence-corrected chi connectivity index (χ3v) is 7.26. The second kappa shape index (κ2) is 7.68. The summed E-state index contributed by atoms with van der Waals surface area (Å²) in [6.07, 6.45) is 0.525. The molecule has 1 aromatic carbocycles. The maximum atomic E-state index is 12.5. The maximum Gasteiger partial charge on any atom is 0.236 e. The van der Waals surface area contributed by atoms with Gasteiger partial charge in [-0.25, -0.2) is 8.42 Å². The van der Waals surface area contributed by atoms with Gasteiger partial charge in [0.25, 0.3) is 0 Å². The van der Waals surface area contributed by atoms with Gasteiger partial charge in [0, 0.05) is 18.0 Å². The van der Waals surface area contributed by atoms with Crippen LogP contribution in [0.25, 0.3) is 0 Å². The van der Waals surface area contributed by atoms with Crippen molar-refractivity contribution in [2.24, 2.45) is 0 Å². The standard InChI is InChI=1S/C18H22N2O3S2/c1-20(15-9-11-25(22,23)13-15)17(21)12-19-18(16-8-5-10-24-16)14-6-3-2-4-7-14/h2-8,10,15,18-19H,9,11-13H2,1H3/t15-,18-/m0/s1. The Bertz CT molecular complexity index is 804. The molecule has 7 heteroatoms. The number of carbonyl (C=O) groups is 1. The molecule has 2 aromatic rings. The minimum absolute atomic E-state index is 0.0501. The van der Waals surface area contributed by atoms with E-state index >= 15 is 0 Å². The fourth-order valence-corrected chi connectivity index (χ4v) is 5.68. The topological polar surface area (TPSA) is 66.5 Å². The van der Waals surface area contributed by atoms with Crippen molar-refractivity contribution in [2.75, 3.05) is 25.1 Å². The smallest absolute Gasteiger partial charge is 0.236 e. The molecule has 1 saturated heterocycles. The second-order valence-corrected chi connectivity index (χ2v) is 9.51. The quantitative estimate of drug-likeness (QED) is 0.836. The Balaban J connectivity index is 1.66. The zero-order valence-electron chi connectivity index (χ0n) is 14.1. The SMILES string of the molecule is CN(C(=O)CN[C@@H](c1ccccc1)c1cccs1)[C@H]1CCS(=O)(=O)C1. The molecular weight excluding hydrogens is 356 g/mol. The lowest BCUT2D eigenvalue weighted by atomic mass is 10.1. The number of likely N-dealkylation sites (N-methyl/N-ethyl adjacent to an activating group) is 1. The van der Waals surface area contributed by atoms with Gasteiger partial charge in [-0.1, -0.05) is 36.4 Å². The van der Waals surface area contributed by atoms with Crippen LogP contribution in [-0.2, 0) is 14.6 Å². The molecule has 2 atom stereocenters. The lowest BCUT2D eigenvalue weighted by Gasteiger charge is -2.25. The van der Waals surface area contributed by atoms with Crippen molar-refractivity contribution >= 4 is 27.1 Å². The van der Waals surface area contributed by atoms with E-state index in [9.17, 15) is 13.2 Å². The Morgan fingerprint density at radius 1 is 1.28 bits per heavy atom. The van der Waals surface area contributed by atoms with E-state index in [-0.39, 0.29) is 36.0 Å². The molecule has 0 spiro atoms. The molecule has 5 nitrogen and oxygen atoms in total. The predicted molar refractivity (Wildman–Crippen MR) is 100 cm³/mol. The van der Waals surface area contributed by atoms with Gasteiger partial charge in [0.15, 0.2) is 9.84 Å². The molecule has 0 bridgehead atoms. The Labute approximate surface area is 152 Å². The Morgan fingerprint density at radius 3 is 2.64 bits per heavy atom. The molecule has 1 fully saturated rings. The van der Waals surface area contributed by atoms with Crippen molar-refractivity contribution in [1.29, 1.82) is 0 Å². The summed E-state index contributed by atoms with van der Waals surface area (Å²) in [5.41, 5.74) is 1.10. The Kier molecular flexibility index (Phi) is 5.56. The molecule has 1 amide bonds. The van der Waals surface area contributed by atoms with Gasteiger partial charge in [-0.3, -0.25) is 10.1 Å². The average molecular weight is 379 g/mol. The summed E-state index contributed by atoms with van der Waals surface area (Å²) in [6.45, 7) is 0.171. The molecule has 134 valence electrons. The van der Waals surface area contributed by atoms with Crippen LogP contribution < -0.4 is 5.32 Å². The molecule has 0 saturated carbocycles. The predicted octanol–water partition coefficient (Wildman–Crippen LogP) is 2.07. The van der Waals surface area contributed by atoms with Crippen LogP contribution in [0.4, 0.5) is 0 Å². The highest BCUT2D eigenvalue weighted by atomic mass is 32.2. The Morgan fingerprint density at radius 2 is 2.04 bits per heavy atom. The molecular formula is C18H22N2O3S2. The van der Waals surface area contributed by atoms with E-state index in [1.165, 1.54) is 0 Å². The van der Waals surface area contributed by atoms with Gasteiger partial charge in [-0.2, -0.15) is 0 Å². The molecule has 0 unspecified atom stereocenters. The van der Waals surface area contributed by atoms with E-state index < -0.39 is 9.84 Å². The third kappa shape index (κ3) is 4.48. The van der Waals surface area contributed by atoms with Gasteiger partial charge in [0.2, 0.25) is 5.91 Å². The summed E-state index contributed by atoms with van der Waals surface area (Å²) in [6, 6.07) is 13.8. The van der Waals surface area contributed by atoms with E-state index in [1.807, 2.05) is 47.8 Å². The first kappa shape index (κ1) is 18.1. The van der Waals surface area contributed by atoms with Gasteiger partial charge in [-0.05, 0) is 23.4 Å². The molecule has 0 aliphatic carbocycles. The zero-order chi connectivity index (χ0) is 17.9. The van der Waals surface area contributed by atoms with Gasteiger partial charge < -0.3 is 4.90 Å². The van der Waals surface area contributed by atoms with Crippen molar-refractivity contribution in [3.63, 3.8) is 0 Å². The van der Waals surface area contributed by atoms with Gasteiger partial charge in [-0.15, -0.1) is 11.3 Å². The number of nitrogens with one attached hydrogen (secondary N) is 1. The van der Waals surface area contributed by atoms with Crippen molar-refractivity contribution in [3.05, 3.63) is 58.3 Å². The fourth-order valence-electron chi connectivity index (χ4n) is 3.08. The van der Waals surface area contributed by atoms with E-state index in [4.69, 9.17) is 0 Å². The molecule has 0 radical (unpaired) electrons. The van der Waals surface area contributed by atoms with Crippen LogP contribution in [0.15, 0.2) is 47.8 Å². The number of carbonyl (C=O) groups excluding carboxylic acids is 1. The number of thiophene rings is 1. The zero-order valence-corrected chi connectivity index (χ0v) is 15.7. The normalized spacial score (nSPS) is 20.3. The van der Waals surface area contributed by atoms with E-state index in [0.29, 0.717) is 6.42 Å². The van der Waals surface area contributed by atoms with Crippen LogP contribution in [-0.4, -0.2) is 50.4 Å². The number of benzene rings is 1. The maximum absolute atomic E-state index is 12.5. The summed E-state index contributed by atoms with van der Waals surface area (Å²) in [5.74, 6) is 0.159. The minimum atomic E-state index is -3.00. The molecule has 1 aromatic heterocycles. The van der Waals surface area contributed by atoms with Crippen molar-refractivity contribution in [2.45, 2.75) is 18.5 Å². The third-order valence-electron chi connectivity index (χ3n) is 4.57. The fraction of sp³-hybridized carbons (Fsp3) is 0.389. The first-order chi connectivity index (χ1) is 12.0. The van der Waals surface area contributed by atoms with Crippen LogP contribution >= 0.6 is 11.3 Å². The number of hydrogen-bond donors (Lipinski definition) is 1. The summed E-state index contributed by atoms with van der Waals surface area (Å²) in [7, 11) is -1.30. The van der Waals surface area contributed by atoms with Crippen LogP contribution in [0.5, 0.6) is 0 Å². The van der Waals surface area contributed by atoms with Crippen molar-refractivity contribution < 1.29 is 13.2 Å². The summed E-state index contributed by atoms with van der Waals surface area (Å²) >= 11 is 1.64. The van der Waals surface area contributed by atoms with Crippen molar-refractivity contribution in [1.82, 2.24) is 10.2 Å². The first-order valence-electron chi connectivity index (χ1n) is 8.24. The molecule has 25 heavy (non-hydrogen) atoms. The first-order valence-corrected chi connectivity index (χ1v) is 10.9. The molecule has 1 N–H and O–H groups in total. The number of amides is 1. The number of rotatable bonds is 6. The highest BCUT2D eigenvalue weighted by molar-refractivity contribution is 7.91. The number of hydrogen-bond acceptors (Lipinski definition) is 5. The van der Waals surface area contributed by atoms with Crippen LogP contribution in [0.2, 0.25) is 0 Å². The average Bonchev–Trinajstić information content (AvgIpc) is 3.25. The Hall–Kier alpha value is -1.70. The summed E-state index contributed by atoms with van der Waals surface area (Å²) in [4.78, 5) is 15.2. The minimum Gasteiger partial charge on any atom is -0.341 e. The van der Waals surface area contributed by atoms with E-state index in [2.05, 4.69) is 5.32 Å². The monoisotopic (exact) mass is 378 g/mol. The molecule has 1 aliphatic heterocycles. The number of sulfone groups is 1. The largest absolute Gasteiger partial charge is 0.341 e. The van der Waals surface area contributed by atoms with Crippen molar-refractivity contribution in [3.8, 4) is 0 Å². The lowest BCUT2D eigenvalue weighted by molar-refractivity contribution is -0.130. The molecule has 2 heterocycles. The van der Waals surface area contributed by atoms with Gasteiger partial charge in [0.05, 0.1) is 24.1 Å². The van der Waals surface area contributed by atoms with E-state index in [1.54, 1.807) is 23.3 Å². The highest BCUT2D eigenvalue weighted by Gasteiger charge is 2.32. The van der Waals surface area contributed by atoms with Gasteiger partial charge in [0.1, 0.15) is 0 Å². The lowest BCUT2D eigenvalue weighted by Crippen LogP contribution is -2.43. The van der Waals surface area contributed by atoms with Crippen LogP contribution in [0.3, 0.4) is 0 Å². The summed E-state index contributed by atoms with van der Waals surface area (Å²) in [5, 5.41) is 5.35. The number of nitrogens with zero attached hydrogens (tertiary/aromatic N) is 1. The van der Waals surface area contributed by atoms with Crippen LogP contribution in [0.1, 0.15) is 22.9 Å². The second-order valence-electron chi connectivity index (χ2n) is 6.30. The van der Waals surface area contributed by atoms with Gasteiger partial charge >= 0.3 is 0 Å². The van der Waals surface area contributed by atoms with Crippen LogP contribution in [0, 0.1) is 0 Å². The molecule has 3 rings (SSSR count). The van der Waals surface area contributed by atoms with E-state index in [0.717, 1.165) is 10.4 Å². The summed E-state index contributed by atoms with van der Waals surface area (Å²) < 4.78 is 23.2. The molecule has 1 aliphatic rings. The highest BCUT2D eigenvalue weighted by Crippen LogP contribution is 2.26.